The van der Waals surface area contributed by atoms with Gasteiger partial charge in [0.25, 0.3) is 0 Å². The third-order valence-electron chi connectivity index (χ3n) is 7.83. The highest BCUT2D eigenvalue weighted by atomic mass is 16.3. The second-order valence-corrected chi connectivity index (χ2v) is 9.57. The molecule has 8 rings (SSSR count). The molecule has 168 valence electrons. The summed E-state index contributed by atoms with van der Waals surface area (Å²) >= 11 is 0. The molecular weight excluding hydrogens is 440 g/mol. The number of aromatic hydroxyl groups is 2. The van der Waals surface area contributed by atoms with Crippen molar-refractivity contribution in [3.63, 3.8) is 0 Å². The summed E-state index contributed by atoms with van der Waals surface area (Å²) in [4.78, 5) is 0. The maximum Gasteiger partial charge on any atom is 0.131 e. The van der Waals surface area contributed by atoms with E-state index in [4.69, 9.17) is 0 Å². The van der Waals surface area contributed by atoms with Gasteiger partial charge in [0, 0.05) is 32.3 Å². The minimum absolute atomic E-state index is 0.328. The Morgan fingerprint density at radius 3 is 1.08 bits per heavy atom. The SMILES string of the molecule is Oc1c2ccccc2c2cccc3/c(=c4\ccc5c(O)c6ccccc6c6cccc4c56)ccc1c32. The lowest BCUT2D eigenvalue weighted by molar-refractivity contribution is 0.487. The van der Waals surface area contributed by atoms with Crippen LogP contribution in [0.1, 0.15) is 0 Å². The fraction of sp³-hybridized carbons (Fsp3) is 0. The van der Waals surface area contributed by atoms with Gasteiger partial charge in [-0.15, -0.1) is 0 Å². The van der Waals surface area contributed by atoms with Gasteiger partial charge in [0.05, 0.1) is 0 Å². The zero-order valence-corrected chi connectivity index (χ0v) is 19.3. The summed E-state index contributed by atoms with van der Waals surface area (Å²) < 4.78 is 0. The molecule has 8 aromatic rings. The van der Waals surface area contributed by atoms with E-state index >= 15 is 0 Å². The van der Waals surface area contributed by atoms with Crippen LogP contribution in [0.25, 0.3) is 64.6 Å². The van der Waals surface area contributed by atoms with Crippen molar-refractivity contribution in [1.29, 1.82) is 0 Å². The Labute approximate surface area is 205 Å². The van der Waals surface area contributed by atoms with Gasteiger partial charge >= 0.3 is 0 Å². The van der Waals surface area contributed by atoms with E-state index in [9.17, 15) is 10.2 Å². The zero-order valence-electron chi connectivity index (χ0n) is 19.3. The van der Waals surface area contributed by atoms with Crippen LogP contribution in [0.5, 0.6) is 11.5 Å². The van der Waals surface area contributed by atoms with Crippen molar-refractivity contribution in [3.05, 3.63) is 120 Å². The highest BCUT2D eigenvalue weighted by Crippen LogP contribution is 2.43. The lowest BCUT2D eigenvalue weighted by Gasteiger charge is -2.14. The zero-order chi connectivity index (χ0) is 24.0. The van der Waals surface area contributed by atoms with Gasteiger partial charge in [0.15, 0.2) is 0 Å². The predicted octanol–water partition coefficient (Wildman–Crippen LogP) is 8.74. The Balaban J connectivity index is 1.66. The topological polar surface area (TPSA) is 40.5 Å². The number of fused-ring (bicyclic) bond motifs is 4. The standard InChI is InChI=1S/C34H20O2/c35-33-27-9-3-1-7-19(27)23-11-5-13-25-21(15-17-29(33)31(23)25)22-16-18-30-32-24(12-6-14-26(22)32)20-8-2-4-10-28(20)34(30)36/h1-18,35-36H/b22-21+. The number of phenolic OH excluding ortho intramolecular Hbond substituents is 2. The lowest BCUT2D eigenvalue weighted by atomic mass is 9.90. The molecule has 0 unspecified atom stereocenters. The number of phenols is 2. The first-order valence-electron chi connectivity index (χ1n) is 12.2. The van der Waals surface area contributed by atoms with Crippen molar-refractivity contribution in [1.82, 2.24) is 0 Å². The van der Waals surface area contributed by atoms with Crippen LogP contribution in [-0.2, 0) is 0 Å². The van der Waals surface area contributed by atoms with Gasteiger partial charge < -0.3 is 10.2 Å². The molecule has 0 spiro atoms. The van der Waals surface area contributed by atoms with Crippen LogP contribution in [0.15, 0.2) is 109 Å². The molecule has 0 aromatic heterocycles. The van der Waals surface area contributed by atoms with E-state index < -0.39 is 0 Å². The molecule has 2 N–H and O–H groups in total. The maximum atomic E-state index is 11.2. The normalized spacial score (nSPS) is 13.1. The fourth-order valence-electron chi connectivity index (χ4n) is 6.27. The third kappa shape index (κ3) is 2.36. The Morgan fingerprint density at radius 1 is 0.278 bits per heavy atom. The second kappa shape index (κ2) is 6.87. The van der Waals surface area contributed by atoms with Gasteiger partial charge in [-0.3, -0.25) is 0 Å². The molecule has 0 aliphatic carbocycles. The first kappa shape index (κ1) is 19.5. The molecule has 2 nitrogen and oxygen atoms in total. The van der Waals surface area contributed by atoms with Crippen molar-refractivity contribution in [2.75, 3.05) is 0 Å². The van der Waals surface area contributed by atoms with Crippen LogP contribution < -0.4 is 0 Å². The van der Waals surface area contributed by atoms with Gasteiger partial charge in [0.1, 0.15) is 11.5 Å². The smallest absolute Gasteiger partial charge is 0.131 e. The van der Waals surface area contributed by atoms with Crippen LogP contribution in [0, 0.1) is 10.4 Å². The molecule has 0 aliphatic rings. The van der Waals surface area contributed by atoms with Crippen LogP contribution >= 0.6 is 0 Å². The van der Waals surface area contributed by atoms with Gasteiger partial charge in [0.2, 0.25) is 0 Å². The number of hydrogen-bond acceptors (Lipinski definition) is 2. The molecule has 2 heteroatoms. The Hall–Kier alpha value is -4.82. The van der Waals surface area contributed by atoms with Crippen LogP contribution in [0.2, 0.25) is 0 Å². The number of benzene rings is 8. The number of rotatable bonds is 0. The summed E-state index contributed by atoms with van der Waals surface area (Å²) in [5.41, 5.74) is 0. The molecule has 0 radical (unpaired) electrons. The molecule has 0 saturated carbocycles. The predicted molar refractivity (Wildman–Crippen MR) is 150 cm³/mol. The van der Waals surface area contributed by atoms with Crippen molar-refractivity contribution in [2.24, 2.45) is 0 Å². The van der Waals surface area contributed by atoms with E-state index in [-0.39, 0.29) is 0 Å². The van der Waals surface area contributed by atoms with E-state index in [1.807, 2.05) is 48.5 Å². The van der Waals surface area contributed by atoms with Crippen molar-refractivity contribution in [3.8, 4) is 11.5 Å². The van der Waals surface area contributed by atoms with E-state index in [0.29, 0.717) is 11.5 Å². The summed E-state index contributed by atoms with van der Waals surface area (Å²) in [6.07, 6.45) is 0. The minimum Gasteiger partial charge on any atom is -0.507 e. The van der Waals surface area contributed by atoms with E-state index in [2.05, 4.69) is 60.7 Å². The van der Waals surface area contributed by atoms with Crippen molar-refractivity contribution >= 4 is 64.6 Å². The van der Waals surface area contributed by atoms with Gasteiger partial charge in [-0.1, -0.05) is 97.1 Å². The molecule has 8 aromatic carbocycles. The summed E-state index contributed by atoms with van der Waals surface area (Å²) in [6, 6.07) is 37.2. The molecule has 36 heavy (non-hydrogen) atoms. The largest absolute Gasteiger partial charge is 0.507 e. The minimum atomic E-state index is 0.328. The Bertz CT molecular complexity index is 2120. The Morgan fingerprint density at radius 2 is 0.639 bits per heavy atom. The molecule has 0 aliphatic heterocycles. The van der Waals surface area contributed by atoms with Crippen LogP contribution in [0.4, 0.5) is 0 Å². The second-order valence-electron chi connectivity index (χ2n) is 9.57. The third-order valence-corrected chi connectivity index (χ3v) is 7.83. The molecular formula is C34H20O2. The Kier molecular flexibility index (Phi) is 3.72. The first-order chi connectivity index (χ1) is 17.7. The molecule has 0 heterocycles. The van der Waals surface area contributed by atoms with Gasteiger partial charge in [-0.05, 0) is 54.9 Å². The average molecular weight is 461 g/mol. The summed E-state index contributed by atoms with van der Waals surface area (Å²) in [5, 5.41) is 36.8. The van der Waals surface area contributed by atoms with E-state index in [0.717, 1.165) is 75.1 Å². The molecule has 0 amide bonds. The first-order valence-corrected chi connectivity index (χ1v) is 12.2. The fourth-order valence-corrected chi connectivity index (χ4v) is 6.27. The summed E-state index contributed by atoms with van der Waals surface area (Å²) in [6.45, 7) is 0. The van der Waals surface area contributed by atoms with Gasteiger partial charge in [-0.2, -0.15) is 0 Å². The van der Waals surface area contributed by atoms with Crippen molar-refractivity contribution in [2.45, 2.75) is 0 Å². The summed E-state index contributed by atoms with van der Waals surface area (Å²) in [5.74, 6) is 0.655. The molecule has 0 bridgehead atoms. The quantitative estimate of drug-likeness (QED) is 0.175. The van der Waals surface area contributed by atoms with Crippen LogP contribution in [-0.4, -0.2) is 10.2 Å². The lowest BCUT2D eigenvalue weighted by Crippen LogP contribution is -1.88. The monoisotopic (exact) mass is 460 g/mol. The number of hydrogen-bond donors (Lipinski definition) is 2. The molecule has 0 atom stereocenters. The molecule has 0 fully saturated rings. The van der Waals surface area contributed by atoms with Gasteiger partial charge in [-0.25, -0.2) is 0 Å². The van der Waals surface area contributed by atoms with E-state index in [1.54, 1.807) is 0 Å². The highest BCUT2D eigenvalue weighted by molar-refractivity contribution is 6.26. The highest BCUT2D eigenvalue weighted by Gasteiger charge is 2.15. The van der Waals surface area contributed by atoms with Crippen LogP contribution in [0.3, 0.4) is 0 Å². The molecule has 0 saturated heterocycles. The van der Waals surface area contributed by atoms with Crippen molar-refractivity contribution < 1.29 is 10.2 Å². The summed E-state index contributed by atoms with van der Waals surface area (Å²) in [7, 11) is 0. The maximum absolute atomic E-state index is 11.2. The van der Waals surface area contributed by atoms with E-state index in [1.165, 1.54) is 0 Å². The average Bonchev–Trinajstić information content (AvgIpc) is 2.94.